The summed E-state index contributed by atoms with van der Waals surface area (Å²) >= 11 is 0. The Morgan fingerprint density at radius 3 is 2.62 bits per heavy atom. The minimum Gasteiger partial charge on any atom is -0.416 e. The molecule has 0 aromatic rings. The molecule has 0 amide bonds. The van der Waals surface area contributed by atoms with E-state index in [1.807, 2.05) is 0 Å². The van der Waals surface area contributed by atoms with Crippen LogP contribution < -0.4 is 0 Å². The summed E-state index contributed by atoms with van der Waals surface area (Å²) in [5.74, 6) is 0. The van der Waals surface area contributed by atoms with Crippen molar-refractivity contribution in [3.63, 3.8) is 0 Å². The summed E-state index contributed by atoms with van der Waals surface area (Å²) in [6, 6.07) is 0. The van der Waals surface area contributed by atoms with Crippen molar-refractivity contribution in [2.45, 2.75) is 13.1 Å². The van der Waals surface area contributed by atoms with E-state index in [-0.39, 0.29) is 0 Å². The molecule has 0 aliphatic rings. The molecule has 0 aliphatic carbocycles. The van der Waals surface area contributed by atoms with E-state index in [1.165, 1.54) is 6.26 Å². The molecule has 0 saturated carbocycles. The van der Waals surface area contributed by atoms with Gasteiger partial charge in [0, 0.05) is 0 Å². The average Bonchev–Trinajstić information content (AvgIpc) is 1.66. The van der Waals surface area contributed by atoms with Gasteiger partial charge in [0.15, 0.2) is 0 Å². The summed E-state index contributed by atoms with van der Waals surface area (Å²) in [6.45, 7) is 7.62. The fourth-order valence-electron chi connectivity index (χ4n) is 0.194. The Kier molecular flexibility index (Phi) is 4.09. The van der Waals surface area contributed by atoms with Gasteiger partial charge in [-0.1, -0.05) is 25.2 Å². The van der Waals surface area contributed by atoms with Crippen LogP contribution in [0.1, 0.15) is 0 Å². The lowest BCUT2D eigenvalue weighted by atomic mass is 11.1. The predicted molar refractivity (Wildman–Crippen MR) is 37.9 cm³/mol. The first kappa shape index (κ1) is 7.32. The first-order valence-electron chi connectivity index (χ1n) is 2.54. The number of hydrogen-bond acceptors (Lipinski definition) is 1. The zero-order valence-corrected chi connectivity index (χ0v) is 6.42. The van der Waals surface area contributed by atoms with Gasteiger partial charge < -0.3 is 4.74 Å². The first-order chi connectivity index (χ1) is 3.77. The Hall–Kier alpha value is -0.683. The average molecular weight is 126 g/mol. The third-order valence-electron chi connectivity index (χ3n) is 0.490. The van der Waals surface area contributed by atoms with Crippen LogP contribution >= 0.6 is 0 Å². The van der Waals surface area contributed by atoms with Crippen molar-refractivity contribution in [3.8, 4) is 11.7 Å². The van der Waals surface area contributed by atoms with E-state index in [2.05, 4.69) is 36.1 Å². The molecule has 0 radical (unpaired) electrons. The molecule has 0 aliphatic heterocycles. The van der Waals surface area contributed by atoms with Crippen LogP contribution in [0.5, 0.6) is 0 Å². The monoisotopic (exact) mass is 126 g/mol. The van der Waals surface area contributed by atoms with Gasteiger partial charge in [-0.25, -0.2) is 0 Å². The summed E-state index contributed by atoms with van der Waals surface area (Å²) in [6.07, 6.45) is 3.87. The molecule has 0 saturated heterocycles. The van der Waals surface area contributed by atoms with E-state index in [4.69, 9.17) is 0 Å². The molecule has 0 N–H and O–H groups in total. The minimum atomic E-state index is -0.736. The lowest BCUT2D eigenvalue weighted by molar-refractivity contribution is 0.442. The zero-order chi connectivity index (χ0) is 6.41. The summed E-state index contributed by atoms with van der Waals surface area (Å²) in [7, 11) is -0.736. The highest BCUT2D eigenvalue weighted by Gasteiger charge is 1.82. The van der Waals surface area contributed by atoms with E-state index < -0.39 is 8.80 Å². The Labute approximate surface area is 52.0 Å². The predicted octanol–water partition coefficient (Wildman–Crippen LogP) is 1.13. The van der Waals surface area contributed by atoms with Crippen molar-refractivity contribution in [2.24, 2.45) is 0 Å². The van der Waals surface area contributed by atoms with Crippen LogP contribution in [0, 0.1) is 11.7 Å². The maximum Gasteiger partial charge on any atom is 0.121 e. The van der Waals surface area contributed by atoms with Gasteiger partial charge in [-0.05, 0) is 0 Å². The van der Waals surface area contributed by atoms with Gasteiger partial charge in [0.1, 0.15) is 14.9 Å². The van der Waals surface area contributed by atoms with Crippen LogP contribution in [0.3, 0.4) is 0 Å². The topological polar surface area (TPSA) is 9.23 Å². The second-order valence-electron chi connectivity index (χ2n) is 1.69. The molecule has 2 heteroatoms. The van der Waals surface area contributed by atoms with Crippen molar-refractivity contribution < 1.29 is 4.74 Å². The van der Waals surface area contributed by atoms with Gasteiger partial charge in [-0.15, -0.1) is 0 Å². The molecule has 0 aromatic carbocycles. The Morgan fingerprint density at radius 1 is 1.62 bits per heavy atom. The van der Waals surface area contributed by atoms with E-state index in [1.54, 1.807) is 0 Å². The first-order valence-corrected chi connectivity index (χ1v) is 5.43. The minimum absolute atomic E-state index is 0.736. The van der Waals surface area contributed by atoms with Crippen molar-refractivity contribution >= 4 is 8.80 Å². The SMILES string of the molecule is C=COC#C[SiH](C)C. The maximum absolute atomic E-state index is 4.58. The second kappa shape index (κ2) is 4.48. The standard InChI is InChI=1S/C6H10OSi/c1-4-7-5-6-8(2)3/h4,8H,1H2,2-3H3. The van der Waals surface area contributed by atoms with Gasteiger partial charge in [0.25, 0.3) is 0 Å². The third kappa shape index (κ3) is 5.32. The van der Waals surface area contributed by atoms with Crippen molar-refractivity contribution in [1.29, 1.82) is 0 Å². The molecule has 0 spiro atoms. The van der Waals surface area contributed by atoms with Gasteiger partial charge in [0.2, 0.25) is 0 Å². The van der Waals surface area contributed by atoms with E-state index in [9.17, 15) is 0 Å². The molecule has 0 unspecified atom stereocenters. The fourth-order valence-corrected chi connectivity index (χ4v) is 0.497. The zero-order valence-electron chi connectivity index (χ0n) is 5.27. The number of ether oxygens (including phenoxy) is 1. The summed E-state index contributed by atoms with van der Waals surface area (Å²) in [5.41, 5.74) is 2.94. The Morgan fingerprint density at radius 2 is 2.25 bits per heavy atom. The molecular formula is C6H10OSi. The normalized spacial score (nSPS) is 7.38. The summed E-state index contributed by atoms with van der Waals surface area (Å²) < 4.78 is 4.58. The van der Waals surface area contributed by atoms with Gasteiger partial charge in [-0.2, -0.15) is 0 Å². The lowest BCUT2D eigenvalue weighted by Crippen LogP contribution is -1.92. The lowest BCUT2D eigenvalue weighted by Gasteiger charge is -1.82. The summed E-state index contributed by atoms with van der Waals surface area (Å²) in [5, 5.41) is 0. The molecule has 0 rings (SSSR count). The molecule has 0 heterocycles. The van der Waals surface area contributed by atoms with Crippen LogP contribution in [0.25, 0.3) is 0 Å². The second-order valence-corrected chi connectivity index (χ2v) is 4.28. The van der Waals surface area contributed by atoms with Crippen molar-refractivity contribution in [2.75, 3.05) is 0 Å². The van der Waals surface area contributed by atoms with Crippen LogP contribution in [-0.2, 0) is 4.74 Å². The third-order valence-corrected chi connectivity index (χ3v) is 1.19. The van der Waals surface area contributed by atoms with Gasteiger partial charge in [0.05, 0.1) is 6.26 Å². The van der Waals surface area contributed by atoms with Gasteiger partial charge >= 0.3 is 0 Å². The number of hydrogen-bond donors (Lipinski definition) is 0. The van der Waals surface area contributed by atoms with Crippen LogP contribution in [0.2, 0.25) is 13.1 Å². The molecule has 1 nitrogen and oxygen atoms in total. The largest absolute Gasteiger partial charge is 0.416 e. The molecular weight excluding hydrogens is 116 g/mol. The molecule has 8 heavy (non-hydrogen) atoms. The molecule has 0 atom stereocenters. The van der Waals surface area contributed by atoms with Crippen LogP contribution in [0.4, 0.5) is 0 Å². The highest BCUT2D eigenvalue weighted by atomic mass is 28.3. The molecule has 44 valence electrons. The van der Waals surface area contributed by atoms with Crippen LogP contribution in [0.15, 0.2) is 12.8 Å². The van der Waals surface area contributed by atoms with Crippen LogP contribution in [-0.4, -0.2) is 8.80 Å². The number of rotatable bonds is 1. The maximum atomic E-state index is 4.58. The van der Waals surface area contributed by atoms with E-state index in [0.29, 0.717) is 0 Å². The quantitative estimate of drug-likeness (QED) is 0.291. The highest BCUT2D eigenvalue weighted by Crippen LogP contribution is 1.73. The molecule has 0 bridgehead atoms. The van der Waals surface area contributed by atoms with Crippen molar-refractivity contribution in [1.82, 2.24) is 0 Å². The van der Waals surface area contributed by atoms with Crippen molar-refractivity contribution in [3.05, 3.63) is 12.8 Å². The highest BCUT2D eigenvalue weighted by molar-refractivity contribution is 6.64. The Balaban J connectivity index is 3.34. The van der Waals surface area contributed by atoms with E-state index in [0.717, 1.165) is 0 Å². The Bertz CT molecular complexity index is 118. The smallest absolute Gasteiger partial charge is 0.121 e. The molecule has 0 aromatic heterocycles. The van der Waals surface area contributed by atoms with Gasteiger partial charge in [-0.3, -0.25) is 0 Å². The summed E-state index contributed by atoms with van der Waals surface area (Å²) in [4.78, 5) is 0. The van der Waals surface area contributed by atoms with E-state index >= 15 is 0 Å². The molecule has 0 fully saturated rings. The fraction of sp³-hybridized carbons (Fsp3) is 0.333.